The van der Waals surface area contributed by atoms with Gasteiger partial charge < -0.3 is 5.32 Å². The zero-order valence-electron chi connectivity index (χ0n) is 8.39. The van der Waals surface area contributed by atoms with Gasteiger partial charge >= 0.3 is 0 Å². The molecule has 0 radical (unpaired) electrons. The SMILES string of the molecule is CCC1(Nc2cccc(Cl)n2)CCC1. The molecule has 1 fully saturated rings. The molecule has 0 atom stereocenters. The Kier molecular flexibility index (Phi) is 2.64. The van der Waals surface area contributed by atoms with Gasteiger partial charge in [0.25, 0.3) is 0 Å². The summed E-state index contributed by atoms with van der Waals surface area (Å²) < 4.78 is 0. The van der Waals surface area contributed by atoms with Gasteiger partial charge in [-0.15, -0.1) is 0 Å². The van der Waals surface area contributed by atoms with Gasteiger partial charge in [-0.3, -0.25) is 0 Å². The molecular weight excluding hydrogens is 196 g/mol. The lowest BCUT2D eigenvalue weighted by atomic mass is 9.75. The average Bonchev–Trinajstić information content (AvgIpc) is 2.11. The molecule has 1 aromatic heterocycles. The van der Waals surface area contributed by atoms with Gasteiger partial charge in [0.1, 0.15) is 11.0 Å². The van der Waals surface area contributed by atoms with Crippen LogP contribution in [0, 0.1) is 0 Å². The van der Waals surface area contributed by atoms with Crippen LogP contribution in [0.4, 0.5) is 5.82 Å². The van der Waals surface area contributed by atoms with Crippen LogP contribution in [-0.4, -0.2) is 10.5 Å². The van der Waals surface area contributed by atoms with Gasteiger partial charge in [-0.2, -0.15) is 0 Å². The first kappa shape index (κ1) is 9.78. The first-order valence-corrected chi connectivity index (χ1v) is 5.53. The van der Waals surface area contributed by atoms with Crippen molar-refractivity contribution in [2.24, 2.45) is 0 Å². The molecule has 0 spiro atoms. The third-order valence-electron chi connectivity index (χ3n) is 3.10. The molecule has 1 N–H and O–H groups in total. The minimum Gasteiger partial charge on any atom is -0.365 e. The number of nitrogens with one attached hydrogen (secondary N) is 1. The van der Waals surface area contributed by atoms with Crippen molar-refractivity contribution in [1.29, 1.82) is 0 Å². The monoisotopic (exact) mass is 210 g/mol. The predicted octanol–water partition coefficient (Wildman–Crippen LogP) is 3.48. The minimum atomic E-state index is 0.289. The maximum atomic E-state index is 5.83. The summed E-state index contributed by atoms with van der Waals surface area (Å²) in [5.74, 6) is 0.902. The predicted molar refractivity (Wildman–Crippen MR) is 59.7 cm³/mol. The van der Waals surface area contributed by atoms with Crippen molar-refractivity contribution in [2.45, 2.75) is 38.1 Å². The van der Waals surface area contributed by atoms with Crippen LogP contribution >= 0.6 is 11.6 Å². The van der Waals surface area contributed by atoms with Crippen LogP contribution in [0.25, 0.3) is 0 Å². The van der Waals surface area contributed by atoms with Crippen molar-refractivity contribution in [3.63, 3.8) is 0 Å². The summed E-state index contributed by atoms with van der Waals surface area (Å²) in [7, 11) is 0. The second-order valence-electron chi connectivity index (χ2n) is 3.96. The van der Waals surface area contributed by atoms with Crippen molar-refractivity contribution < 1.29 is 0 Å². The third kappa shape index (κ3) is 1.85. The summed E-state index contributed by atoms with van der Waals surface area (Å²) in [5.41, 5.74) is 0.289. The smallest absolute Gasteiger partial charge is 0.131 e. The molecule has 0 aromatic carbocycles. The highest BCUT2D eigenvalue weighted by Gasteiger charge is 2.35. The Bertz CT molecular complexity index is 315. The molecule has 14 heavy (non-hydrogen) atoms. The van der Waals surface area contributed by atoms with E-state index in [4.69, 9.17) is 11.6 Å². The second kappa shape index (κ2) is 3.77. The van der Waals surface area contributed by atoms with E-state index in [1.54, 1.807) is 6.07 Å². The Hall–Kier alpha value is -0.760. The topological polar surface area (TPSA) is 24.9 Å². The van der Waals surface area contributed by atoms with E-state index in [0.717, 1.165) is 12.2 Å². The van der Waals surface area contributed by atoms with E-state index < -0.39 is 0 Å². The van der Waals surface area contributed by atoms with Gasteiger partial charge in [0.15, 0.2) is 0 Å². The van der Waals surface area contributed by atoms with Crippen molar-refractivity contribution in [3.05, 3.63) is 23.4 Å². The number of anilines is 1. The van der Waals surface area contributed by atoms with Gasteiger partial charge in [-0.25, -0.2) is 4.98 Å². The first-order valence-electron chi connectivity index (χ1n) is 5.15. The number of aromatic nitrogens is 1. The van der Waals surface area contributed by atoms with Gasteiger partial charge in [0.05, 0.1) is 0 Å². The molecule has 0 bridgehead atoms. The van der Waals surface area contributed by atoms with Crippen LogP contribution in [0.15, 0.2) is 18.2 Å². The molecule has 2 rings (SSSR count). The summed E-state index contributed by atoms with van der Waals surface area (Å²) in [4.78, 5) is 4.24. The van der Waals surface area contributed by atoms with Crippen LogP contribution in [0.2, 0.25) is 5.15 Å². The van der Waals surface area contributed by atoms with Crippen molar-refractivity contribution in [2.75, 3.05) is 5.32 Å². The van der Waals surface area contributed by atoms with Gasteiger partial charge in [-0.1, -0.05) is 24.6 Å². The van der Waals surface area contributed by atoms with Crippen molar-refractivity contribution >= 4 is 17.4 Å². The van der Waals surface area contributed by atoms with Crippen molar-refractivity contribution in [1.82, 2.24) is 4.98 Å². The number of rotatable bonds is 3. The number of hydrogen-bond acceptors (Lipinski definition) is 2. The summed E-state index contributed by atoms with van der Waals surface area (Å²) in [5, 5.41) is 4.04. The van der Waals surface area contributed by atoms with E-state index in [2.05, 4.69) is 17.2 Å². The Morgan fingerprint density at radius 2 is 2.29 bits per heavy atom. The lowest BCUT2D eigenvalue weighted by molar-refractivity contribution is 0.269. The van der Waals surface area contributed by atoms with E-state index in [9.17, 15) is 0 Å². The molecule has 3 heteroatoms. The average molecular weight is 211 g/mol. The Balaban J connectivity index is 2.09. The van der Waals surface area contributed by atoms with Crippen LogP contribution in [0.3, 0.4) is 0 Å². The number of pyridine rings is 1. The number of hydrogen-bond donors (Lipinski definition) is 1. The lowest BCUT2D eigenvalue weighted by Gasteiger charge is -2.42. The Labute approximate surface area is 89.7 Å². The van der Waals surface area contributed by atoms with Crippen LogP contribution in [0.1, 0.15) is 32.6 Å². The summed E-state index contributed by atoms with van der Waals surface area (Å²) in [6, 6.07) is 5.70. The molecule has 1 heterocycles. The van der Waals surface area contributed by atoms with Gasteiger partial charge in [0, 0.05) is 5.54 Å². The van der Waals surface area contributed by atoms with Gasteiger partial charge in [0.2, 0.25) is 0 Å². The third-order valence-corrected chi connectivity index (χ3v) is 3.31. The largest absolute Gasteiger partial charge is 0.365 e. The molecule has 1 aliphatic rings. The molecule has 1 aliphatic carbocycles. The standard InChI is InChI=1S/C11H15ClN2/c1-2-11(7-4-8-11)14-10-6-3-5-9(12)13-10/h3,5-6H,2,4,7-8H2,1H3,(H,13,14). The molecule has 2 nitrogen and oxygen atoms in total. The van der Waals surface area contributed by atoms with E-state index in [1.165, 1.54) is 19.3 Å². The highest BCUT2D eigenvalue weighted by molar-refractivity contribution is 6.29. The van der Waals surface area contributed by atoms with E-state index in [0.29, 0.717) is 5.15 Å². The maximum Gasteiger partial charge on any atom is 0.131 e. The molecule has 0 unspecified atom stereocenters. The number of halogens is 1. The normalized spacial score (nSPS) is 18.7. The Morgan fingerprint density at radius 1 is 1.50 bits per heavy atom. The fraction of sp³-hybridized carbons (Fsp3) is 0.545. The highest BCUT2D eigenvalue weighted by Crippen LogP contribution is 2.37. The molecular formula is C11H15ClN2. The van der Waals surface area contributed by atoms with E-state index in [1.807, 2.05) is 12.1 Å². The highest BCUT2D eigenvalue weighted by atomic mass is 35.5. The Morgan fingerprint density at radius 3 is 2.79 bits per heavy atom. The van der Waals surface area contributed by atoms with Crippen molar-refractivity contribution in [3.8, 4) is 0 Å². The molecule has 1 saturated carbocycles. The fourth-order valence-electron chi connectivity index (χ4n) is 1.92. The first-order chi connectivity index (χ1) is 6.74. The summed E-state index contributed by atoms with van der Waals surface area (Å²) >= 11 is 5.83. The summed E-state index contributed by atoms with van der Waals surface area (Å²) in [6.45, 7) is 2.22. The van der Waals surface area contributed by atoms with Crippen LogP contribution in [-0.2, 0) is 0 Å². The molecule has 0 aliphatic heterocycles. The van der Waals surface area contributed by atoms with E-state index in [-0.39, 0.29) is 5.54 Å². The fourth-order valence-corrected chi connectivity index (χ4v) is 2.08. The quantitative estimate of drug-likeness (QED) is 0.773. The molecule has 1 aromatic rings. The number of nitrogens with zero attached hydrogens (tertiary/aromatic N) is 1. The summed E-state index contributed by atoms with van der Waals surface area (Å²) in [6.07, 6.45) is 4.97. The second-order valence-corrected chi connectivity index (χ2v) is 4.35. The van der Waals surface area contributed by atoms with Crippen LogP contribution < -0.4 is 5.32 Å². The molecule has 0 saturated heterocycles. The van der Waals surface area contributed by atoms with Gasteiger partial charge in [-0.05, 0) is 37.8 Å². The molecule has 0 amide bonds. The maximum absolute atomic E-state index is 5.83. The van der Waals surface area contributed by atoms with E-state index >= 15 is 0 Å². The molecule has 76 valence electrons. The minimum absolute atomic E-state index is 0.289. The van der Waals surface area contributed by atoms with Crippen LogP contribution in [0.5, 0.6) is 0 Å². The zero-order valence-corrected chi connectivity index (χ0v) is 9.14. The zero-order chi connectivity index (χ0) is 10.0. The lowest BCUT2D eigenvalue weighted by Crippen LogP contribution is -2.44.